The highest BCUT2D eigenvalue weighted by atomic mass is 35.5. The van der Waals surface area contributed by atoms with Crippen LogP contribution in [0.4, 0.5) is 0 Å². The van der Waals surface area contributed by atoms with Gasteiger partial charge in [0.1, 0.15) is 5.75 Å². The molecular weight excluding hydrogens is 284 g/mol. The molecule has 0 fully saturated rings. The van der Waals surface area contributed by atoms with E-state index >= 15 is 0 Å². The molecule has 4 nitrogen and oxygen atoms in total. The van der Waals surface area contributed by atoms with Crippen molar-refractivity contribution in [2.45, 2.75) is 13.0 Å². The van der Waals surface area contributed by atoms with Crippen LogP contribution in [0.1, 0.15) is 6.92 Å². The van der Waals surface area contributed by atoms with E-state index in [1.807, 2.05) is 25.1 Å². The molecule has 0 saturated heterocycles. The molecule has 0 bridgehead atoms. The van der Waals surface area contributed by atoms with Gasteiger partial charge in [0.15, 0.2) is 5.17 Å². The van der Waals surface area contributed by atoms with Crippen LogP contribution in [0.3, 0.4) is 0 Å². The van der Waals surface area contributed by atoms with Crippen LogP contribution in [-0.2, 0) is 4.74 Å². The third kappa shape index (κ3) is 6.71. The van der Waals surface area contributed by atoms with E-state index in [9.17, 15) is 0 Å². The number of halogens is 1. The van der Waals surface area contributed by atoms with Gasteiger partial charge in [-0.1, -0.05) is 35.5 Å². The highest BCUT2D eigenvalue weighted by molar-refractivity contribution is 8.13. The second-order valence-electron chi connectivity index (χ2n) is 3.90. The number of aliphatic imine (C=N–C) groups is 1. The zero-order chi connectivity index (χ0) is 14.1. The van der Waals surface area contributed by atoms with Gasteiger partial charge >= 0.3 is 0 Å². The Labute approximate surface area is 123 Å². The number of nitrogens with zero attached hydrogens (tertiary/aromatic N) is 1. The molecule has 19 heavy (non-hydrogen) atoms. The van der Waals surface area contributed by atoms with Crippen LogP contribution in [0.2, 0.25) is 5.02 Å². The van der Waals surface area contributed by atoms with Crippen LogP contribution in [-0.4, -0.2) is 37.3 Å². The first-order chi connectivity index (χ1) is 9.13. The molecule has 0 spiro atoms. The third-order valence-electron chi connectivity index (χ3n) is 2.18. The molecule has 6 heteroatoms. The van der Waals surface area contributed by atoms with Crippen LogP contribution >= 0.6 is 23.4 Å². The number of ether oxygens (including phenoxy) is 2. The van der Waals surface area contributed by atoms with E-state index in [1.165, 1.54) is 11.8 Å². The number of benzene rings is 1. The Morgan fingerprint density at radius 3 is 2.89 bits per heavy atom. The summed E-state index contributed by atoms with van der Waals surface area (Å²) in [5.41, 5.74) is 5.79. The second kappa shape index (κ2) is 9.07. The van der Waals surface area contributed by atoms with Crippen molar-refractivity contribution in [2.24, 2.45) is 10.7 Å². The Morgan fingerprint density at radius 1 is 1.47 bits per heavy atom. The standard InChI is InChI=1S/C13H19ClN2O2S/c1-10(9-17-2)16-13(15)19-8-7-18-12-6-4-3-5-11(12)14/h3-6,10H,7-9H2,1-2H3,(H2,15,16)/t10-/m1/s1. The fourth-order valence-electron chi connectivity index (χ4n) is 1.39. The molecule has 1 aromatic rings. The van der Waals surface area contributed by atoms with E-state index in [0.717, 1.165) is 5.75 Å². The van der Waals surface area contributed by atoms with E-state index in [4.69, 9.17) is 26.8 Å². The smallest absolute Gasteiger partial charge is 0.154 e. The number of amidine groups is 1. The summed E-state index contributed by atoms with van der Waals surface area (Å²) >= 11 is 7.44. The quantitative estimate of drug-likeness (QED) is 0.478. The van der Waals surface area contributed by atoms with E-state index in [1.54, 1.807) is 13.2 Å². The third-order valence-corrected chi connectivity index (χ3v) is 3.27. The van der Waals surface area contributed by atoms with E-state index in [2.05, 4.69) is 4.99 Å². The SMILES string of the molecule is COC[C@@H](C)N=C(N)SCCOc1ccccc1Cl. The lowest BCUT2D eigenvalue weighted by molar-refractivity contribution is 0.186. The summed E-state index contributed by atoms with van der Waals surface area (Å²) in [5, 5.41) is 1.16. The topological polar surface area (TPSA) is 56.8 Å². The molecule has 0 aliphatic rings. The maximum absolute atomic E-state index is 5.98. The molecule has 0 unspecified atom stereocenters. The van der Waals surface area contributed by atoms with Crippen molar-refractivity contribution in [2.75, 3.05) is 26.1 Å². The van der Waals surface area contributed by atoms with Gasteiger partial charge in [-0.3, -0.25) is 4.99 Å². The number of thioether (sulfide) groups is 1. The highest BCUT2D eigenvalue weighted by Gasteiger charge is 2.02. The van der Waals surface area contributed by atoms with Crippen molar-refractivity contribution in [3.63, 3.8) is 0 Å². The zero-order valence-electron chi connectivity index (χ0n) is 11.1. The molecule has 0 aliphatic carbocycles. The van der Waals surface area contributed by atoms with Gasteiger partial charge in [0.2, 0.25) is 0 Å². The Morgan fingerprint density at radius 2 is 2.21 bits per heavy atom. The number of para-hydroxylation sites is 1. The number of hydrogen-bond donors (Lipinski definition) is 1. The first kappa shape index (κ1) is 16.1. The van der Waals surface area contributed by atoms with Crippen molar-refractivity contribution in [3.8, 4) is 5.75 Å². The van der Waals surface area contributed by atoms with Crippen LogP contribution < -0.4 is 10.5 Å². The average molecular weight is 303 g/mol. The van der Waals surface area contributed by atoms with Crippen molar-refractivity contribution in [1.29, 1.82) is 0 Å². The Hall–Kier alpha value is -0.910. The fraction of sp³-hybridized carbons (Fsp3) is 0.462. The Kier molecular flexibility index (Phi) is 7.70. The van der Waals surface area contributed by atoms with Gasteiger partial charge in [-0.05, 0) is 19.1 Å². The minimum absolute atomic E-state index is 0.0713. The summed E-state index contributed by atoms with van der Waals surface area (Å²) in [7, 11) is 1.65. The molecule has 0 aromatic heterocycles. The largest absolute Gasteiger partial charge is 0.491 e. The van der Waals surface area contributed by atoms with Gasteiger partial charge in [-0.25, -0.2) is 0 Å². The first-order valence-corrected chi connectivity index (χ1v) is 7.32. The molecule has 0 amide bonds. The summed E-state index contributed by atoms with van der Waals surface area (Å²) in [5.74, 6) is 1.41. The lowest BCUT2D eigenvalue weighted by Gasteiger charge is -2.08. The van der Waals surface area contributed by atoms with Crippen LogP contribution in [0.25, 0.3) is 0 Å². The normalized spacial score (nSPS) is 13.3. The van der Waals surface area contributed by atoms with E-state index in [0.29, 0.717) is 29.2 Å². The molecule has 1 aromatic carbocycles. The summed E-state index contributed by atoms with van der Waals surface area (Å²) in [4.78, 5) is 4.28. The predicted molar refractivity (Wildman–Crippen MR) is 82.4 cm³/mol. The van der Waals surface area contributed by atoms with Crippen molar-refractivity contribution in [3.05, 3.63) is 29.3 Å². The Bertz CT molecular complexity index is 415. The highest BCUT2D eigenvalue weighted by Crippen LogP contribution is 2.23. The fourth-order valence-corrected chi connectivity index (χ4v) is 2.21. The molecule has 1 rings (SSSR count). The lowest BCUT2D eigenvalue weighted by atomic mass is 10.3. The molecule has 2 N–H and O–H groups in total. The van der Waals surface area contributed by atoms with Crippen LogP contribution in [0.15, 0.2) is 29.3 Å². The molecule has 0 aliphatic heterocycles. The molecule has 106 valence electrons. The monoisotopic (exact) mass is 302 g/mol. The maximum atomic E-state index is 5.98. The predicted octanol–water partition coefficient (Wildman–Crippen LogP) is 2.80. The molecule has 0 saturated carbocycles. The molecule has 1 atom stereocenters. The van der Waals surface area contributed by atoms with Gasteiger partial charge in [-0.2, -0.15) is 0 Å². The minimum Gasteiger partial charge on any atom is -0.491 e. The van der Waals surface area contributed by atoms with Gasteiger partial charge in [0, 0.05) is 12.9 Å². The van der Waals surface area contributed by atoms with Gasteiger partial charge < -0.3 is 15.2 Å². The summed E-state index contributed by atoms with van der Waals surface area (Å²) in [6, 6.07) is 7.46. The Balaban J connectivity index is 2.26. The maximum Gasteiger partial charge on any atom is 0.154 e. The molecule has 0 radical (unpaired) electrons. The minimum atomic E-state index is 0.0713. The van der Waals surface area contributed by atoms with Crippen molar-refractivity contribution in [1.82, 2.24) is 0 Å². The number of hydrogen-bond acceptors (Lipinski definition) is 4. The summed E-state index contributed by atoms with van der Waals surface area (Å²) in [6.07, 6.45) is 0. The second-order valence-corrected chi connectivity index (χ2v) is 5.42. The first-order valence-electron chi connectivity index (χ1n) is 5.95. The molecular formula is C13H19ClN2O2S. The van der Waals surface area contributed by atoms with Crippen LogP contribution in [0, 0.1) is 0 Å². The van der Waals surface area contributed by atoms with Gasteiger partial charge in [0.05, 0.1) is 24.3 Å². The summed E-state index contributed by atoms with van der Waals surface area (Å²) in [6.45, 7) is 3.05. The van der Waals surface area contributed by atoms with E-state index in [-0.39, 0.29) is 6.04 Å². The van der Waals surface area contributed by atoms with Crippen molar-refractivity contribution < 1.29 is 9.47 Å². The van der Waals surface area contributed by atoms with Gasteiger partial charge in [0.25, 0.3) is 0 Å². The number of rotatable bonds is 7. The molecule has 0 heterocycles. The van der Waals surface area contributed by atoms with Crippen molar-refractivity contribution >= 4 is 28.5 Å². The number of nitrogens with two attached hydrogens (primary N) is 1. The van der Waals surface area contributed by atoms with Crippen LogP contribution in [0.5, 0.6) is 5.75 Å². The lowest BCUT2D eigenvalue weighted by Crippen LogP contribution is -2.16. The zero-order valence-corrected chi connectivity index (χ0v) is 12.7. The number of methoxy groups -OCH3 is 1. The van der Waals surface area contributed by atoms with Gasteiger partial charge in [-0.15, -0.1) is 0 Å². The van der Waals surface area contributed by atoms with E-state index < -0.39 is 0 Å². The average Bonchev–Trinajstić information content (AvgIpc) is 2.36. The summed E-state index contributed by atoms with van der Waals surface area (Å²) < 4.78 is 10.5.